The van der Waals surface area contributed by atoms with Crippen molar-refractivity contribution in [2.45, 2.75) is 12.6 Å². The van der Waals surface area contributed by atoms with Crippen LogP contribution in [-0.4, -0.2) is 26.7 Å². The normalized spacial score (nSPS) is 18.2. The van der Waals surface area contributed by atoms with Crippen molar-refractivity contribution in [3.63, 3.8) is 0 Å². The van der Waals surface area contributed by atoms with Crippen LogP contribution in [0.15, 0.2) is 84.6 Å². The fourth-order valence-electron chi connectivity index (χ4n) is 3.45. The minimum Gasteiger partial charge on any atom is -0.507 e. The number of pyridine rings is 1. The molecule has 0 bridgehead atoms. The molecule has 1 saturated heterocycles. The first kappa shape index (κ1) is 18.9. The molecule has 1 atom stereocenters. The van der Waals surface area contributed by atoms with E-state index in [0.717, 1.165) is 5.56 Å². The van der Waals surface area contributed by atoms with Crippen LogP contribution in [0.3, 0.4) is 0 Å². The zero-order valence-electron chi connectivity index (χ0n) is 15.3. The maximum absolute atomic E-state index is 12.9. The first-order chi connectivity index (χ1) is 14.1. The van der Waals surface area contributed by atoms with E-state index in [-0.39, 0.29) is 17.9 Å². The van der Waals surface area contributed by atoms with E-state index < -0.39 is 17.7 Å². The lowest BCUT2D eigenvalue weighted by Crippen LogP contribution is -2.29. The van der Waals surface area contributed by atoms with Crippen molar-refractivity contribution < 1.29 is 14.7 Å². The van der Waals surface area contributed by atoms with Gasteiger partial charge in [0, 0.05) is 16.8 Å². The molecule has 144 valence electrons. The summed E-state index contributed by atoms with van der Waals surface area (Å²) in [6.45, 7) is 0.155. The van der Waals surface area contributed by atoms with Crippen LogP contribution in [0.4, 0.5) is 0 Å². The van der Waals surface area contributed by atoms with Crippen LogP contribution in [0.5, 0.6) is 0 Å². The Morgan fingerprint density at radius 3 is 2.31 bits per heavy atom. The van der Waals surface area contributed by atoms with Crippen molar-refractivity contribution in [3.05, 3.63) is 106 Å². The van der Waals surface area contributed by atoms with Gasteiger partial charge < -0.3 is 10.0 Å². The molecule has 3 aromatic rings. The third-order valence-corrected chi connectivity index (χ3v) is 5.08. The van der Waals surface area contributed by atoms with E-state index in [2.05, 4.69) is 4.98 Å². The molecule has 0 radical (unpaired) electrons. The zero-order valence-corrected chi connectivity index (χ0v) is 16.1. The highest BCUT2D eigenvalue weighted by Gasteiger charge is 2.46. The summed E-state index contributed by atoms with van der Waals surface area (Å²) in [6, 6.07) is 20.3. The van der Waals surface area contributed by atoms with Crippen molar-refractivity contribution in [2.75, 3.05) is 0 Å². The maximum atomic E-state index is 12.9. The van der Waals surface area contributed by atoms with Crippen molar-refractivity contribution >= 4 is 29.1 Å². The third kappa shape index (κ3) is 3.65. The average molecular weight is 405 g/mol. The lowest BCUT2D eigenvalue weighted by atomic mass is 9.95. The number of halogens is 1. The molecule has 1 aliphatic heterocycles. The Morgan fingerprint density at radius 1 is 0.966 bits per heavy atom. The van der Waals surface area contributed by atoms with Crippen LogP contribution < -0.4 is 0 Å². The van der Waals surface area contributed by atoms with Gasteiger partial charge in [0.15, 0.2) is 0 Å². The Morgan fingerprint density at radius 2 is 1.66 bits per heavy atom. The highest BCUT2D eigenvalue weighted by molar-refractivity contribution is 6.46. The van der Waals surface area contributed by atoms with Gasteiger partial charge in [0.05, 0.1) is 23.9 Å². The van der Waals surface area contributed by atoms with Crippen molar-refractivity contribution in [1.29, 1.82) is 0 Å². The number of nitrogens with zero attached hydrogens (tertiary/aromatic N) is 2. The molecule has 0 saturated carbocycles. The first-order valence-corrected chi connectivity index (χ1v) is 9.43. The number of aromatic nitrogens is 1. The Balaban J connectivity index is 1.85. The number of Topliss-reactive ketones (excluding diaryl/α,β-unsaturated/α-hetero) is 1. The molecule has 29 heavy (non-hydrogen) atoms. The molecule has 2 aromatic carbocycles. The van der Waals surface area contributed by atoms with Gasteiger partial charge in [-0.2, -0.15) is 0 Å². The van der Waals surface area contributed by atoms with Crippen LogP contribution in [-0.2, 0) is 16.1 Å². The van der Waals surface area contributed by atoms with E-state index in [1.165, 1.54) is 4.90 Å². The molecule has 0 spiro atoms. The minimum atomic E-state index is -0.720. The first-order valence-electron chi connectivity index (χ1n) is 9.05. The molecule has 5 nitrogen and oxygen atoms in total. The standard InChI is InChI=1S/C23H17ClN2O3/c24-17-11-9-16(10-12-17)21(27)19-20(15-6-2-1-3-7-15)26(23(29)22(19)28)14-18-8-4-5-13-25-18/h1-13,20,27H,14H2/b21-19+. The largest absolute Gasteiger partial charge is 0.507 e. The van der Waals surface area contributed by atoms with E-state index in [4.69, 9.17) is 11.6 Å². The molecule has 0 aliphatic carbocycles. The quantitative estimate of drug-likeness (QED) is 0.398. The van der Waals surface area contributed by atoms with Gasteiger partial charge in [-0.15, -0.1) is 0 Å². The summed E-state index contributed by atoms with van der Waals surface area (Å²) in [5.41, 5.74) is 1.87. The topological polar surface area (TPSA) is 70.5 Å². The summed E-state index contributed by atoms with van der Waals surface area (Å²) in [5.74, 6) is -1.61. The van der Waals surface area contributed by atoms with E-state index in [1.54, 1.807) is 42.6 Å². The van der Waals surface area contributed by atoms with Gasteiger partial charge in [-0.25, -0.2) is 0 Å². The summed E-state index contributed by atoms with van der Waals surface area (Å²) in [4.78, 5) is 31.5. The number of carbonyl (C=O) groups excluding carboxylic acids is 2. The molecule has 1 amide bonds. The second kappa shape index (κ2) is 7.89. The van der Waals surface area contributed by atoms with Gasteiger partial charge in [-0.1, -0.05) is 48.0 Å². The predicted molar refractivity (Wildman–Crippen MR) is 110 cm³/mol. The number of benzene rings is 2. The molecular weight excluding hydrogens is 388 g/mol. The fraction of sp³-hybridized carbons (Fsp3) is 0.0870. The highest BCUT2D eigenvalue weighted by Crippen LogP contribution is 2.40. The number of carbonyl (C=O) groups is 2. The number of aliphatic hydroxyl groups excluding tert-OH is 1. The molecule has 1 unspecified atom stereocenters. The van der Waals surface area contributed by atoms with Crippen LogP contribution in [0.2, 0.25) is 5.02 Å². The number of amides is 1. The molecule has 2 heterocycles. The van der Waals surface area contributed by atoms with E-state index in [0.29, 0.717) is 16.3 Å². The van der Waals surface area contributed by atoms with Gasteiger partial charge in [-0.05, 0) is 42.0 Å². The molecule has 4 rings (SSSR count). The fourth-order valence-corrected chi connectivity index (χ4v) is 3.58. The van der Waals surface area contributed by atoms with Crippen LogP contribution in [0, 0.1) is 0 Å². The van der Waals surface area contributed by atoms with Gasteiger partial charge >= 0.3 is 0 Å². The van der Waals surface area contributed by atoms with E-state index in [9.17, 15) is 14.7 Å². The van der Waals surface area contributed by atoms with Crippen molar-refractivity contribution in [3.8, 4) is 0 Å². The van der Waals surface area contributed by atoms with Crippen LogP contribution in [0.25, 0.3) is 5.76 Å². The van der Waals surface area contributed by atoms with Gasteiger partial charge in [0.2, 0.25) is 0 Å². The highest BCUT2D eigenvalue weighted by atomic mass is 35.5. The summed E-state index contributed by atoms with van der Waals surface area (Å²) < 4.78 is 0. The molecular formula is C23H17ClN2O3. The summed E-state index contributed by atoms with van der Waals surface area (Å²) >= 11 is 5.93. The molecule has 1 N–H and O–H groups in total. The Bertz CT molecular complexity index is 1080. The second-order valence-corrected chi connectivity index (χ2v) is 7.10. The van der Waals surface area contributed by atoms with Crippen LogP contribution in [0.1, 0.15) is 22.9 Å². The number of hydrogen-bond donors (Lipinski definition) is 1. The monoisotopic (exact) mass is 404 g/mol. The van der Waals surface area contributed by atoms with Gasteiger partial charge in [-0.3, -0.25) is 14.6 Å². The molecule has 6 heteroatoms. The SMILES string of the molecule is O=C1C(=O)N(Cc2ccccn2)C(c2ccccc2)/C1=C(\O)c1ccc(Cl)cc1. The second-order valence-electron chi connectivity index (χ2n) is 6.67. The zero-order chi connectivity index (χ0) is 20.4. The van der Waals surface area contributed by atoms with E-state index >= 15 is 0 Å². The number of rotatable bonds is 4. The lowest BCUT2D eigenvalue weighted by Gasteiger charge is -2.25. The molecule has 1 aromatic heterocycles. The minimum absolute atomic E-state index is 0.0550. The summed E-state index contributed by atoms with van der Waals surface area (Å²) in [7, 11) is 0. The number of hydrogen-bond acceptors (Lipinski definition) is 4. The average Bonchev–Trinajstić information content (AvgIpc) is 3.00. The van der Waals surface area contributed by atoms with E-state index in [1.807, 2.05) is 36.4 Å². The lowest BCUT2D eigenvalue weighted by molar-refractivity contribution is -0.140. The number of likely N-dealkylation sites (tertiary alicyclic amines) is 1. The predicted octanol–water partition coefficient (Wildman–Crippen LogP) is 4.36. The molecule has 1 aliphatic rings. The van der Waals surface area contributed by atoms with Gasteiger partial charge in [0.25, 0.3) is 11.7 Å². The Kier molecular flexibility index (Phi) is 5.14. The maximum Gasteiger partial charge on any atom is 0.296 e. The summed E-state index contributed by atoms with van der Waals surface area (Å²) in [6.07, 6.45) is 1.64. The van der Waals surface area contributed by atoms with Crippen molar-refractivity contribution in [2.24, 2.45) is 0 Å². The Labute approximate surface area is 172 Å². The number of aliphatic hydroxyl groups is 1. The Hall–Kier alpha value is -3.44. The summed E-state index contributed by atoms with van der Waals surface area (Å²) in [5, 5.41) is 11.4. The number of ketones is 1. The van der Waals surface area contributed by atoms with Gasteiger partial charge in [0.1, 0.15) is 5.76 Å². The van der Waals surface area contributed by atoms with Crippen LogP contribution >= 0.6 is 11.6 Å². The third-order valence-electron chi connectivity index (χ3n) is 4.83. The smallest absolute Gasteiger partial charge is 0.296 e. The molecule has 1 fully saturated rings. The van der Waals surface area contributed by atoms with Crippen molar-refractivity contribution in [1.82, 2.24) is 9.88 Å².